The highest BCUT2D eigenvalue weighted by Crippen LogP contribution is 2.36. The van der Waals surface area contributed by atoms with Crippen LogP contribution >= 0.6 is 0 Å². The Bertz CT molecular complexity index is 1340. The van der Waals surface area contributed by atoms with Crippen LogP contribution in [-0.2, 0) is 19.6 Å². The Morgan fingerprint density at radius 2 is 1.62 bits per heavy atom. The largest absolute Gasteiger partial charge is 0.502 e. The van der Waals surface area contributed by atoms with Gasteiger partial charge in [-0.3, -0.25) is 14.3 Å². The number of methoxy groups -OCH3 is 1. The number of nitrogens with one attached hydrogen (secondary N) is 1. The lowest BCUT2D eigenvalue weighted by atomic mass is 10.0. The molecule has 0 unspecified atom stereocenters. The first kappa shape index (κ1) is 21.1. The van der Waals surface area contributed by atoms with Crippen molar-refractivity contribution in [3.05, 3.63) is 84.2 Å². The summed E-state index contributed by atoms with van der Waals surface area (Å²) >= 11 is 0. The fourth-order valence-corrected chi connectivity index (χ4v) is 4.25. The van der Waals surface area contributed by atoms with E-state index in [4.69, 9.17) is 4.74 Å². The van der Waals surface area contributed by atoms with Crippen molar-refractivity contribution in [3.8, 4) is 5.75 Å². The first-order valence-corrected chi connectivity index (χ1v) is 10.8. The van der Waals surface area contributed by atoms with Gasteiger partial charge in [-0.25, -0.2) is 18.3 Å². The summed E-state index contributed by atoms with van der Waals surface area (Å²) < 4.78 is 32.7. The Hall–Kier alpha value is -4.18. The summed E-state index contributed by atoms with van der Waals surface area (Å²) in [5, 5.41) is 10.4. The van der Waals surface area contributed by atoms with E-state index in [-0.39, 0.29) is 27.5 Å². The van der Waals surface area contributed by atoms with E-state index in [2.05, 4.69) is 9.71 Å². The van der Waals surface area contributed by atoms with Crippen LogP contribution in [0.1, 0.15) is 5.56 Å². The van der Waals surface area contributed by atoms with Crippen molar-refractivity contribution in [2.45, 2.75) is 4.90 Å². The number of carbonyl (C=O) groups is 2. The minimum Gasteiger partial charge on any atom is -0.502 e. The highest BCUT2D eigenvalue weighted by atomic mass is 32.2. The van der Waals surface area contributed by atoms with Crippen molar-refractivity contribution in [1.82, 2.24) is 4.98 Å². The molecule has 9 nitrogen and oxygen atoms in total. The number of carbonyl (C=O) groups excluding carboxylic acids is 2. The van der Waals surface area contributed by atoms with Crippen molar-refractivity contribution in [2.24, 2.45) is 0 Å². The van der Waals surface area contributed by atoms with Gasteiger partial charge in [0.25, 0.3) is 15.9 Å². The maximum Gasteiger partial charge on any atom is 0.301 e. The number of nitrogens with zero attached hydrogens (tertiary/aromatic N) is 2. The number of benzene rings is 2. The number of imide groups is 1. The second kappa shape index (κ2) is 8.16. The Kier molecular flexibility index (Phi) is 5.37. The number of hydrogen-bond donors (Lipinski definition) is 2. The van der Waals surface area contributed by atoms with Gasteiger partial charge in [0.2, 0.25) is 0 Å². The first-order valence-electron chi connectivity index (χ1n) is 9.33. The molecular formula is C22H17N3O6S. The highest BCUT2D eigenvalue weighted by Gasteiger charge is 2.41. The van der Waals surface area contributed by atoms with Gasteiger partial charge in [0.05, 0.1) is 23.3 Å². The zero-order valence-corrected chi connectivity index (χ0v) is 17.5. The predicted molar refractivity (Wildman–Crippen MR) is 117 cm³/mol. The van der Waals surface area contributed by atoms with Crippen molar-refractivity contribution < 1.29 is 27.9 Å². The molecule has 0 saturated heterocycles. The summed E-state index contributed by atoms with van der Waals surface area (Å²) in [5.41, 5.74) is 0.182. The maximum absolute atomic E-state index is 13.0. The van der Waals surface area contributed by atoms with Crippen LogP contribution in [0.15, 0.2) is 83.6 Å². The quantitative estimate of drug-likeness (QED) is 0.552. The molecule has 3 aromatic rings. The van der Waals surface area contributed by atoms with Crippen LogP contribution in [0.25, 0.3) is 5.57 Å². The molecular weight excluding hydrogens is 434 g/mol. The average Bonchev–Trinajstić information content (AvgIpc) is 3.02. The summed E-state index contributed by atoms with van der Waals surface area (Å²) in [6.07, 6.45) is 1.45. The van der Waals surface area contributed by atoms with E-state index in [1.807, 2.05) is 0 Å². The minimum absolute atomic E-state index is 0.0897. The molecule has 0 saturated carbocycles. The maximum atomic E-state index is 13.0. The molecule has 10 heteroatoms. The van der Waals surface area contributed by atoms with Gasteiger partial charge < -0.3 is 9.84 Å². The number of aromatic nitrogens is 1. The monoisotopic (exact) mass is 451 g/mol. The fraction of sp³-hybridized carbons (Fsp3) is 0.0455. The number of rotatable bonds is 6. The number of ether oxygens (including phenoxy) is 1. The number of para-hydroxylation sites is 1. The molecule has 2 aromatic carbocycles. The van der Waals surface area contributed by atoms with Crippen LogP contribution in [0.4, 0.5) is 11.5 Å². The van der Waals surface area contributed by atoms with Gasteiger partial charge >= 0.3 is 5.91 Å². The molecule has 0 atom stereocenters. The molecule has 2 heterocycles. The Labute approximate surface area is 183 Å². The van der Waals surface area contributed by atoms with Crippen LogP contribution in [0.3, 0.4) is 0 Å². The summed E-state index contributed by atoms with van der Waals surface area (Å²) in [6.45, 7) is 0. The molecule has 2 amide bonds. The van der Waals surface area contributed by atoms with E-state index < -0.39 is 27.6 Å². The summed E-state index contributed by atoms with van der Waals surface area (Å²) in [4.78, 5) is 30.3. The minimum atomic E-state index is -3.93. The van der Waals surface area contributed by atoms with Crippen LogP contribution < -0.4 is 14.4 Å². The summed E-state index contributed by atoms with van der Waals surface area (Å²) in [5.74, 6) is -1.92. The van der Waals surface area contributed by atoms with Crippen LogP contribution in [0.5, 0.6) is 5.75 Å². The number of anilines is 2. The van der Waals surface area contributed by atoms with Crippen molar-refractivity contribution in [2.75, 3.05) is 16.7 Å². The lowest BCUT2D eigenvalue weighted by Crippen LogP contribution is -2.31. The summed E-state index contributed by atoms with van der Waals surface area (Å²) in [7, 11) is -2.52. The van der Waals surface area contributed by atoms with Gasteiger partial charge in [-0.15, -0.1) is 0 Å². The number of sulfonamides is 1. The van der Waals surface area contributed by atoms with E-state index in [0.29, 0.717) is 5.75 Å². The number of aliphatic hydroxyl groups is 1. The Balaban J connectivity index is 1.63. The molecule has 0 fully saturated rings. The average molecular weight is 451 g/mol. The zero-order valence-electron chi connectivity index (χ0n) is 16.7. The lowest BCUT2D eigenvalue weighted by Gasteiger charge is -2.16. The van der Waals surface area contributed by atoms with E-state index >= 15 is 0 Å². The molecule has 4 rings (SSSR count). The zero-order chi connectivity index (χ0) is 22.9. The molecule has 1 aliphatic rings. The molecule has 0 bridgehead atoms. The van der Waals surface area contributed by atoms with Gasteiger partial charge in [-0.1, -0.05) is 24.3 Å². The topological polar surface area (TPSA) is 126 Å². The third kappa shape index (κ3) is 3.67. The first-order chi connectivity index (χ1) is 15.3. The summed E-state index contributed by atoms with van der Waals surface area (Å²) in [6, 6.07) is 16.4. The van der Waals surface area contributed by atoms with Gasteiger partial charge in [0.1, 0.15) is 11.6 Å². The Morgan fingerprint density at radius 3 is 2.28 bits per heavy atom. The standard InChI is InChI=1S/C22H17N3O6S/c1-31-17-7-3-2-6-16(17)19-20(26)22(28)25(21(19)27)14-9-11-15(12-10-14)32(29,30)24-18-8-4-5-13-23-18/h2-13,26H,1H3,(H,23,24). The van der Waals surface area contributed by atoms with Gasteiger partial charge in [-0.05, 0) is 42.5 Å². The van der Waals surface area contributed by atoms with E-state index in [1.54, 1.807) is 36.4 Å². The van der Waals surface area contributed by atoms with Gasteiger partial charge in [0, 0.05) is 11.8 Å². The number of hydrogen-bond acceptors (Lipinski definition) is 7. The number of pyridine rings is 1. The third-order valence-corrected chi connectivity index (χ3v) is 6.12. The molecule has 162 valence electrons. The molecule has 0 radical (unpaired) electrons. The molecule has 1 aliphatic heterocycles. The second-order valence-electron chi connectivity index (χ2n) is 6.68. The van der Waals surface area contributed by atoms with Crippen LogP contribution in [-0.4, -0.2) is 37.4 Å². The molecule has 2 N–H and O–H groups in total. The molecule has 32 heavy (non-hydrogen) atoms. The van der Waals surface area contributed by atoms with Crippen molar-refractivity contribution >= 4 is 38.9 Å². The second-order valence-corrected chi connectivity index (χ2v) is 8.37. The van der Waals surface area contributed by atoms with Crippen LogP contribution in [0, 0.1) is 0 Å². The SMILES string of the molecule is COc1ccccc1C1=C(O)C(=O)N(c2ccc(S(=O)(=O)Nc3ccccn3)cc2)C1=O. The number of aliphatic hydroxyl groups excluding tert-OH is 1. The molecule has 1 aromatic heterocycles. The smallest absolute Gasteiger partial charge is 0.301 e. The highest BCUT2D eigenvalue weighted by molar-refractivity contribution is 7.92. The van der Waals surface area contributed by atoms with Crippen LogP contribution in [0.2, 0.25) is 0 Å². The normalized spacial score (nSPS) is 14.1. The third-order valence-electron chi connectivity index (χ3n) is 4.74. The lowest BCUT2D eigenvalue weighted by molar-refractivity contribution is -0.121. The van der Waals surface area contributed by atoms with E-state index in [1.165, 1.54) is 43.6 Å². The fourth-order valence-electron chi connectivity index (χ4n) is 3.24. The number of amides is 2. The van der Waals surface area contributed by atoms with Crippen molar-refractivity contribution in [1.29, 1.82) is 0 Å². The predicted octanol–water partition coefficient (Wildman–Crippen LogP) is 2.73. The van der Waals surface area contributed by atoms with Gasteiger partial charge in [0.15, 0.2) is 5.76 Å². The Morgan fingerprint density at radius 1 is 0.938 bits per heavy atom. The van der Waals surface area contributed by atoms with Crippen molar-refractivity contribution in [3.63, 3.8) is 0 Å². The van der Waals surface area contributed by atoms with E-state index in [9.17, 15) is 23.1 Å². The van der Waals surface area contributed by atoms with Gasteiger partial charge in [-0.2, -0.15) is 0 Å². The molecule has 0 aliphatic carbocycles. The molecule has 0 spiro atoms. The van der Waals surface area contributed by atoms with E-state index in [0.717, 1.165) is 4.90 Å².